The maximum absolute atomic E-state index is 12.6. The topological polar surface area (TPSA) is 83.1 Å². The summed E-state index contributed by atoms with van der Waals surface area (Å²) in [5.74, 6) is -0.319. The lowest BCUT2D eigenvalue weighted by atomic mass is 10.1. The zero-order valence-corrected chi connectivity index (χ0v) is 18.4. The Morgan fingerprint density at radius 3 is 2.61 bits per heavy atom. The van der Waals surface area contributed by atoms with E-state index in [0.717, 1.165) is 33.1 Å². The van der Waals surface area contributed by atoms with Gasteiger partial charge in [-0.3, -0.25) is 14.9 Å². The van der Waals surface area contributed by atoms with E-state index < -0.39 is 0 Å². The quantitative estimate of drug-likeness (QED) is 0.360. The Bertz CT molecular complexity index is 1300. The van der Waals surface area contributed by atoms with E-state index in [1.54, 1.807) is 6.07 Å². The van der Waals surface area contributed by atoms with Gasteiger partial charge in [0, 0.05) is 17.7 Å². The number of thiocarbonyl (C=S) groups is 1. The van der Waals surface area contributed by atoms with E-state index in [2.05, 4.69) is 20.9 Å². The largest absolute Gasteiger partial charge is 0.332 e. The fourth-order valence-corrected chi connectivity index (χ4v) is 4.26. The number of amides is 2. The third-order valence-electron chi connectivity index (χ3n) is 4.61. The highest BCUT2D eigenvalue weighted by Gasteiger charge is 2.11. The van der Waals surface area contributed by atoms with Crippen LogP contribution in [0.25, 0.3) is 21.0 Å². The van der Waals surface area contributed by atoms with Crippen molar-refractivity contribution in [2.75, 3.05) is 10.6 Å². The first-order valence-corrected chi connectivity index (χ1v) is 11.1. The molecule has 0 aliphatic heterocycles. The highest BCUT2D eigenvalue weighted by atomic mass is 32.1. The molecule has 8 heteroatoms. The molecule has 0 aliphatic carbocycles. The van der Waals surface area contributed by atoms with Gasteiger partial charge in [-0.05, 0) is 59.7 Å². The average molecular weight is 449 g/mol. The van der Waals surface area contributed by atoms with Crippen LogP contribution in [0.2, 0.25) is 0 Å². The summed E-state index contributed by atoms with van der Waals surface area (Å²) in [4.78, 5) is 28.8. The molecule has 6 nitrogen and oxygen atoms in total. The molecule has 0 unspecified atom stereocenters. The third-order valence-corrected chi connectivity index (χ3v) is 5.75. The second kappa shape index (κ2) is 9.20. The highest BCUT2D eigenvalue weighted by Crippen LogP contribution is 2.28. The molecule has 4 rings (SSSR count). The van der Waals surface area contributed by atoms with Gasteiger partial charge in [0.15, 0.2) is 10.2 Å². The number of thiazole rings is 1. The molecule has 0 radical (unpaired) electrons. The van der Waals surface area contributed by atoms with Crippen LogP contribution in [0.5, 0.6) is 0 Å². The average Bonchev–Trinajstić information content (AvgIpc) is 3.14. The Labute approximate surface area is 188 Å². The summed E-state index contributed by atoms with van der Waals surface area (Å²) in [6, 6.07) is 18.9. The molecule has 0 spiro atoms. The summed E-state index contributed by atoms with van der Waals surface area (Å²) in [7, 11) is 0. The van der Waals surface area contributed by atoms with Crippen molar-refractivity contribution in [3.63, 3.8) is 0 Å². The lowest BCUT2D eigenvalue weighted by molar-refractivity contribution is -0.116. The van der Waals surface area contributed by atoms with E-state index in [-0.39, 0.29) is 16.9 Å². The van der Waals surface area contributed by atoms with Crippen LogP contribution in [-0.2, 0) is 4.79 Å². The number of carbonyl (C=O) groups excluding carboxylic acids is 2. The minimum absolute atomic E-state index is 0.0440. The molecular weight excluding hydrogens is 428 g/mol. The van der Waals surface area contributed by atoms with Gasteiger partial charge in [-0.25, -0.2) is 4.98 Å². The third kappa shape index (κ3) is 5.04. The molecule has 31 heavy (non-hydrogen) atoms. The van der Waals surface area contributed by atoms with E-state index in [1.165, 1.54) is 11.3 Å². The zero-order valence-electron chi connectivity index (χ0n) is 16.8. The predicted molar refractivity (Wildman–Crippen MR) is 131 cm³/mol. The number of nitrogens with zero attached hydrogens (tertiary/aromatic N) is 1. The Kier molecular flexibility index (Phi) is 6.20. The fraction of sp³-hybridized carbons (Fsp3) is 0.130. The number of benzene rings is 3. The monoisotopic (exact) mass is 448 g/mol. The van der Waals surface area contributed by atoms with Gasteiger partial charge in [0.1, 0.15) is 0 Å². The molecule has 0 aliphatic rings. The van der Waals surface area contributed by atoms with E-state index in [4.69, 9.17) is 12.2 Å². The molecular formula is C23H20N4O2S2. The van der Waals surface area contributed by atoms with Crippen molar-refractivity contribution in [1.82, 2.24) is 10.3 Å². The van der Waals surface area contributed by atoms with Crippen LogP contribution in [0.1, 0.15) is 30.1 Å². The van der Waals surface area contributed by atoms with Gasteiger partial charge in [-0.2, -0.15) is 0 Å². The van der Waals surface area contributed by atoms with Crippen molar-refractivity contribution in [2.24, 2.45) is 0 Å². The normalized spacial score (nSPS) is 10.7. The molecule has 1 aromatic heterocycles. The molecule has 0 fully saturated rings. The van der Waals surface area contributed by atoms with Gasteiger partial charge >= 0.3 is 0 Å². The summed E-state index contributed by atoms with van der Waals surface area (Å²) >= 11 is 6.70. The van der Waals surface area contributed by atoms with E-state index in [9.17, 15) is 9.59 Å². The van der Waals surface area contributed by atoms with Gasteiger partial charge in [-0.15, -0.1) is 0 Å². The Morgan fingerprint density at radius 2 is 1.81 bits per heavy atom. The molecule has 0 saturated heterocycles. The van der Waals surface area contributed by atoms with E-state index >= 15 is 0 Å². The predicted octanol–water partition coefficient (Wildman–Crippen LogP) is 5.31. The van der Waals surface area contributed by atoms with Crippen molar-refractivity contribution >= 4 is 72.3 Å². The van der Waals surface area contributed by atoms with Crippen LogP contribution >= 0.6 is 23.6 Å². The standard InChI is InChI=1S/C23H20N4O2S2/c1-2-5-20(28)26-23-25-18-11-10-17(13-19(18)31-23)24-22(30)27-21(29)16-9-8-14-6-3-4-7-15(14)12-16/h3-4,6-13H,2,5H2,1H3,(H,25,26,28)(H2,24,27,29,30). The van der Waals surface area contributed by atoms with Crippen molar-refractivity contribution in [3.05, 3.63) is 66.2 Å². The smallest absolute Gasteiger partial charge is 0.257 e. The number of hydrogen-bond donors (Lipinski definition) is 3. The first kappa shape index (κ1) is 20.9. The number of anilines is 2. The summed E-state index contributed by atoms with van der Waals surface area (Å²) in [5, 5.41) is 11.4. The van der Waals surface area contributed by atoms with Crippen LogP contribution in [0.15, 0.2) is 60.7 Å². The number of hydrogen-bond acceptors (Lipinski definition) is 5. The van der Waals surface area contributed by atoms with Crippen LogP contribution in [0.3, 0.4) is 0 Å². The molecule has 0 atom stereocenters. The maximum atomic E-state index is 12.6. The first-order valence-electron chi connectivity index (χ1n) is 9.83. The lowest BCUT2D eigenvalue weighted by Crippen LogP contribution is -2.34. The van der Waals surface area contributed by atoms with Crippen LogP contribution < -0.4 is 16.0 Å². The minimum atomic E-state index is -0.275. The summed E-state index contributed by atoms with van der Waals surface area (Å²) in [6.45, 7) is 1.96. The SMILES string of the molecule is CCCC(=O)Nc1nc2ccc(NC(=S)NC(=O)c3ccc4ccccc4c3)cc2s1. The van der Waals surface area contributed by atoms with Crippen LogP contribution in [-0.4, -0.2) is 21.9 Å². The molecule has 3 N–H and O–H groups in total. The number of nitrogens with one attached hydrogen (secondary N) is 3. The van der Waals surface area contributed by atoms with Crippen molar-refractivity contribution in [1.29, 1.82) is 0 Å². The summed E-state index contributed by atoms with van der Waals surface area (Å²) in [5.41, 5.74) is 2.05. The highest BCUT2D eigenvalue weighted by molar-refractivity contribution is 7.80. The molecule has 0 bridgehead atoms. The second-order valence-electron chi connectivity index (χ2n) is 6.97. The first-order chi connectivity index (χ1) is 15.0. The summed E-state index contributed by atoms with van der Waals surface area (Å²) in [6.07, 6.45) is 1.25. The maximum Gasteiger partial charge on any atom is 0.257 e. The number of carbonyl (C=O) groups is 2. The molecule has 1 heterocycles. The van der Waals surface area contributed by atoms with Gasteiger partial charge in [0.2, 0.25) is 5.91 Å². The minimum Gasteiger partial charge on any atom is -0.332 e. The van der Waals surface area contributed by atoms with Crippen molar-refractivity contribution in [3.8, 4) is 0 Å². The zero-order chi connectivity index (χ0) is 21.8. The Hall–Kier alpha value is -3.36. The van der Waals surface area contributed by atoms with Crippen LogP contribution in [0, 0.1) is 0 Å². The van der Waals surface area contributed by atoms with Gasteiger partial charge < -0.3 is 10.6 Å². The van der Waals surface area contributed by atoms with Gasteiger partial charge in [-0.1, -0.05) is 48.6 Å². The Morgan fingerprint density at radius 1 is 1.00 bits per heavy atom. The van der Waals surface area contributed by atoms with Crippen LogP contribution in [0.4, 0.5) is 10.8 Å². The second-order valence-corrected chi connectivity index (χ2v) is 8.41. The molecule has 156 valence electrons. The van der Waals surface area contributed by atoms with Crippen molar-refractivity contribution < 1.29 is 9.59 Å². The number of fused-ring (bicyclic) bond motifs is 2. The number of aromatic nitrogens is 1. The molecule has 2 amide bonds. The molecule has 4 aromatic rings. The van der Waals surface area contributed by atoms with E-state index in [1.807, 2.05) is 61.5 Å². The number of rotatable bonds is 5. The molecule has 0 saturated carbocycles. The molecule has 3 aromatic carbocycles. The lowest BCUT2D eigenvalue weighted by Gasteiger charge is -2.10. The Balaban J connectivity index is 1.42. The fourth-order valence-electron chi connectivity index (χ4n) is 3.13. The van der Waals surface area contributed by atoms with Crippen molar-refractivity contribution in [2.45, 2.75) is 19.8 Å². The van der Waals surface area contributed by atoms with Gasteiger partial charge in [0.05, 0.1) is 10.2 Å². The van der Waals surface area contributed by atoms with Gasteiger partial charge in [0.25, 0.3) is 5.91 Å². The van der Waals surface area contributed by atoms with E-state index in [0.29, 0.717) is 17.1 Å². The summed E-state index contributed by atoms with van der Waals surface area (Å²) < 4.78 is 0.903.